The zero-order valence-corrected chi connectivity index (χ0v) is 5.70. The Morgan fingerprint density at radius 1 is 2.00 bits per heavy atom. The lowest BCUT2D eigenvalue weighted by Crippen LogP contribution is -1.95. The van der Waals surface area contributed by atoms with Gasteiger partial charge in [0, 0.05) is 0 Å². The smallest absolute Gasteiger partial charge is 0.108 e. The lowest BCUT2D eigenvalue weighted by molar-refractivity contribution is 0.776. The van der Waals surface area contributed by atoms with Gasteiger partial charge in [-0.25, -0.2) is 0 Å². The Kier molecular flexibility index (Phi) is 1.25. The lowest BCUT2D eigenvalue weighted by Gasteiger charge is -1.92. The summed E-state index contributed by atoms with van der Waals surface area (Å²) in [4.78, 5) is -0.241. The molecule has 0 nitrogen and oxygen atoms in total. The van der Waals surface area contributed by atoms with Gasteiger partial charge in [-0.05, 0) is 12.3 Å². The molecule has 0 aromatic rings. The summed E-state index contributed by atoms with van der Waals surface area (Å²) in [6.45, 7) is 2.12. The van der Waals surface area contributed by atoms with Gasteiger partial charge in [-0.2, -0.15) is 0 Å². The van der Waals surface area contributed by atoms with Gasteiger partial charge in [-0.3, -0.25) is 0 Å². The van der Waals surface area contributed by atoms with Crippen LogP contribution in [0.25, 0.3) is 0 Å². The molecule has 8 heavy (non-hydrogen) atoms. The molecule has 1 fully saturated rings. The molecular formula is C7H9Cl. The Hall–Kier alpha value is -0.150. The zero-order valence-electron chi connectivity index (χ0n) is 4.95. The molecule has 0 spiro atoms. The van der Waals surface area contributed by atoms with E-state index in [4.69, 9.17) is 18.0 Å². The van der Waals surface area contributed by atoms with E-state index in [1.165, 1.54) is 0 Å². The van der Waals surface area contributed by atoms with Gasteiger partial charge in [0.15, 0.2) is 0 Å². The number of rotatable bonds is 1. The largest absolute Gasteiger partial charge is 0.118 e. The molecule has 0 saturated heterocycles. The highest BCUT2D eigenvalue weighted by atomic mass is 35.5. The van der Waals surface area contributed by atoms with Crippen molar-refractivity contribution in [3.63, 3.8) is 0 Å². The minimum atomic E-state index is -0.241. The van der Waals surface area contributed by atoms with Crippen LogP contribution < -0.4 is 0 Å². The molecule has 44 valence electrons. The summed E-state index contributed by atoms with van der Waals surface area (Å²) >= 11 is 5.86. The van der Waals surface area contributed by atoms with E-state index in [1.807, 2.05) is 0 Å². The second-order valence-electron chi connectivity index (χ2n) is 2.32. The van der Waals surface area contributed by atoms with E-state index in [-0.39, 0.29) is 4.87 Å². The molecule has 0 radical (unpaired) electrons. The molecule has 0 amide bonds. The quantitative estimate of drug-likeness (QED) is 0.375. The van der Waals surface area contributed by atoms with Crippen molar-refractivity contribution in [3.8, 4) is 12.3 Å². The van der Waals surface area contributed by atoms with Gasteiger partial charge in [0.1, 0.15) is 4.87 Å². The molecule has 1 saturated carbocycles. The average molecular weight is 129 g/mol. The Balaban J connectivity index is 2.46. The molecule has 1 rings (SSSR count). The van der Waals surface area contributed by atoms with Gasteiger partial charge >= 0.3 is 0 Å². The lowest BCUT2D eigenvalue weighted by atomic mass is 10.2. The highest BCUT2D eigenvalue weighted by Crippen LogP contribution is 2.50. The van der Waals surface area contributed by atoms with Crippen molar-refractivity contribution in [1.29, 1.82) is 0 Å². The van der Waals surface area contributed by atoms with Crippen LogP contribution in [0.1, 0.15) is 19.8 Å². The van der Waals surface area contributed by atoms with Crippen LogP contribution in [0.15, 0.2) is 0 Å². The summed E-state index contributed by atoms with van der Waals surface area (Å²) in [6.07, 6.45) is 7.29. The van der Waals surface area contributed by atoms with Crippen molar-refractivity contribution in [2.24, 2.45) is 5.92 Å². The second-order valence-corrected chi connectivity index (χ2v) is 2.99. The number of alkyl halides is 1. The first kappa shape index (κ1) is 5.98. The molecule has 0 heterocycles. The van der Waals surface area contributed by atoms with Gasteiger partial charge in [-0.15, -0.1) is 18.0 Å². The van der Waals surface area contributed by atoms with E-state index in [9.17, 15) is 0 Å². The third-order valence-corrected chi connectivity index (χ3v) is 2.34. The summed E-state index contributed by atoms with van der Waals surface area (Å²) in [6, 6.07) is 0. The van der Waals surface area contributed by atoms with Crippen LogP contribution in [0.5, 0.6) is 0 Å². The molecule has 0 bridgehead atoms. The standard InChI is InChI=1S/C7H9Cl/c1-3-6-5-7(6,8)4-2/h2,6H,3,5H2,1H3/t6-,7+/m1/s1. The van der Waals surface area contributed by atoms with E-state index < -0.39 is 0 Å². The Morgan fingerprint density at radius 2 is 2.62 bits per heavy atom. The fourth-order valence-corrected chi connectivity index (χ4v) is 1.28. The molecule has 1 aliphatic carbocycles. The first-order chi connectivity index (χ1) is 3.73. The normalized spacial score (nSPS) is 43.4. The van der Waals surface area contributed by atoms with Crippen LogP contribution in [0, 0.1) is 18.3 Å². The van der Waals surface area contributed by atoms with Crippen LogP contribution in [0.2, 0.25) is 0 Å². The van der Waals surface area contributed by atoms with Gasteiger partial charge in [0.2, 0.25) is 0 Å². The molecule has 0 N–H and O–H groups in total. The van der Waals surface area contributed by atoms with Crippen LogP contribution in [0.4, 0.5) is 0 Å². The molecule has 0 aromatic carbocycles. The predicted octanol–water partition coefficient (Wildman–Crippen LogP) is 2.03. The van der Waals surface area contributed by atoms with Crippen LogP contribution in [-0.2, 0) is 0 Å². The number of hydrogen-bond acceptors (Lipinski definition) is 0. The van der Waals surface area contributed by atoms with E-state index in [0.29, 0.717) is 5.92 Å². The highest BCUT2D eigenvalue weighted by molar-refractivity contribution is 6.28. The molecule has 0 aliphatic heterocycles. The highest BCUT2D eigenvalue weighted by Gasteiger charge is 2.50. The van der Waals surface area contributed by atoms with Crippen molar-refractivity contribution in [2.75, 3.05) is 0 Å². The first-order valence-corrected chi connectivity index (χ1v) is 3.27. The Morgan fingerprint density at radius 3 is 2.75 bits per heavy atom. The summed E-state index contributed by atoms with van der Waals surface area (Å²) in [5.74, 6) is 3.17. The van der Waals surface area contributed by atoms with Gasteiger partial charge < -0.3 is 0 Å². The van der Waals surface area contributed by atoms with Crippen molar-refractivity contribution in [3.05, 3.63) is 0 Å². The summed E-state index contributed by atoms with van der Waals surface area (Å²) in [7, 11) is 0. The second kappa shape index (κ2) is 1.67. The minimum absolute atomic E-state index is 0.241. The van der Waals surface area contributed by atoms with E-state index >= 15 is 0 Å². The maximum Gasteiger partial charge on any atom is 0.108 e. The summed E-state index contributed by atoms with van der Waals surface area (Å²) in [5, 5.41) is 0. The average Bonchev–Trinajstić information content (AvgIpc) is 2.44. The van der Waals surface area contributed by atoms with Crippen molar-refractivity contribution < 1.29 is 0 Å². The van der Waals surface area contributed by atoms with Crippen LogP contribution >= 0.6 is 11.6 Å². The summed E-state index contributed by atoms with van der Waals surface area (Å²) in [5.41, 5.74) is 0. The maximum absolute atomic E-state index is 5.86. The fourth-order valence-electron chi connectivity index (χ4n) is 0.944. The molecule has 0 aromatic heterocycles. The van der Waals surface area contributed by atoms with Crippen LogP contribution in [0.3, 0.4) is 0 Å². The third-order valence-electron chi connectivity index (χ3n) is 1.76. The van der Waals surface area contributed by atoms with Crippen LogP contribution in [-0.4, -0.2) is 4.87 Å². The minimum Gasteiger partial charge on any atom is -0.118 e. The predicted molar refractivity (Wildman–Crippen MR) is 35.8 cm³/mol. The topological polar surface area (TPSA) is 0 Å². The molecule has 1 heteroatoms. The summed E-state index contributed by atoms with van der Waals surface area (Å²) < 4.78 is 0. The van der Waals surface area contributed by atoms with Gasteiger partial charge in [-0.1, -0.05) is 19.3 Å². The number of halogens is 1. The van der Waals surface area contributed by atoms with E-state index in [0.717, 1.165) is 12.8 Å². The van der Waals surface area contributed by atoms with Gasteiger partial charge in [0.25, 0.3) is 0 Å². The maximum atomic E-state index is 5.86. The van der Waals surface area contributed by atoms with E-state index in [1.54, 1.807) is 0 Å². The molecule has 0 unspecified atom stereocenters. The molecule has 1 aliphatic rings. The van der Waals surface area contributed by atoms with Crippen molar-refractivity contribution in [1.82, 2.24) is 0 Å². The number of terminal acetylenes is 1. The molecular weight excluding hydrogens is 120 g/mol. The number of hydrogen-bond donors (Lipinski definition) is 0. The first-order valence-electron chi connectivity index (χ1n) is 2.89. The SMILES string of the molecule is C#C[C@]1(Cl)C[C@H]1CC. The fraction of sp³-hybridized carbons (Fsp3) is 0.714. The van der Waals surface area contributed by atoms with E-state index in [2.05, 4.69) is 12.8 Å². The monoisotopic (exact) mass is 128 g/mol. The Bertz CT molecular complexity index is 134. The van der Waals surface area contributed by atoms with Crippen molar-refractivity contribution >= 4 is 11.6 Å². The van der Waals surface area contributed by atoms with Crippen molar-refractivity contribution in [2.45, 2.75) is 24.6 Å². The Labute approximate surface area is 55.2 Å². The van der Waals surface area contributed by atoms with Gasteiger partial charge in [0.05, 0.1) is 0 Å². The third kappa shape index (κ3) is 0.717. The zero-order chi connectivity index (χ0) is 6.20. The molecule has 2 atom stereocenters.